The standard InChI is InChI=1S/C11H20O4S/c1-2-3-4-10(11(12)13)16(14)9-5-7-15-8-6-9/h9-10H,2-8H2,1H3,(H,12,13). The van der Waals surface area contributed by atoms with Crippen LogP contribution in [0.1, 0.15) is 39.0 Å². The third kappa shape index (κ3) is 3.87. The Hall–Kier alpha value is -0.420. The van der Waals surface area contributed by atoms with E-state index in [1.807, 2.05) is 6.92 Å². The van der Waals surface area contributed by atoms with Crippen molar-refractivity contribution in [2.45, 2.75) is 49.5 Å². The molecule has 5 heteroatoms. The van der Waals surface area contributed by atoms with E-state index in [2.05, 4.69) is 0 Å². The first-order chi connectivity index (χ1) is 7.66. The van der Waals surface area contributed by atoms with Crippen LogP contribution in [0.5, 0.6) is 0 Å². The van der Waals surface area contributed by atoms with E-state index in [0.29, 0.717) is 19.6 Å². The highest BCUT2D eigenvalue weighted by atomic mass is 32.2. The summed E-state index contributed by atoms with van der Waals surface area (Å²) in [6, 6.07) is 0. The Bertz CT molecular complexity index is 248. The van der Waals surface area contributed by atoms with E-state index < -0.39 is 22.0 Å². The summed E-state index contributed by atoms with van der Waals surface area (Å²) in [6.07, 6.45) is 3.74. The highest BCUT2D eigenvalue weighted by Gasteiger charge is 2.31. The Kier molecular flexibility index (Phi) is 5.98. The predicted octanol–water partition coefficient (Wildman–Crippen LogP) is 1.56. The zero-order valence-corrected chi connectivity index (χ0v) is 10.5. The second-order valence-electron chi connectivity index (χ2n) is 4.11. The smallest absolute Gasteiger partial charge is 0.319 e. The quantitative estimate of drug-likeness (QED) is 0.774. The molecule has 0 radical (unpaired) electrons. The Morgan fingerprint density at radius 2 is 2.12 bits per heavy atom. The number of hydrogen-bond acceptors (Lipinski definition) is 3. The minimum absolute atomic E-state index is 0.00621. The summed E-state index contributed by atoms with van der Waals surface area (Å²) in [5, 5.41) is 8.39. The number of carboxylic acid groups (broad SMARTS) is 1. The number of hydrogen-bond donors (Lipinski definition) is 1. The summed E-state index contributed by atoms with van der Waals surface area (Å²) in [4.78, 5) is 11.1. The third-order valence-corrected chi connectivity index (χ3v) is 5.00. The fraction of sp³-hybridized carbons (Fsp3) is 0.909. The number of rotatable bonds is 6. The molecule has 1 rings (SSSR count). The molecule has 0 spiro atoms. The summed E-state index contributed by atoms with van der Waals surface area (Å²) >= 11 is 0. The summed E-state index contributed by atoms with van der Waals surface area (Å²) in [5.41, 5.74) is 0. The summed E-state index contributed by atoms with van der Waals surface area (Å²) in [5.74, 6) is -0.918. The monoisotopic (exact) mass is 248 g/mol. The second kappa shape index (κ2) is 7.01. The maximum absolute atomic E-state index is 12.1. The van der Waals surface area contributed by atoms with Gasteiger partial charge in [0.05, 0.1) is 0 Å². The van der Waals surface area contributed by atoms with Crippen molar-refractivity contribution in [2.75, 3.05) is 13.2 Å². The molecule has 2 unspecified atom stereocenters. The Labute approximate surface area is 98.8 Å². The van der Waals surface area contributed by atoms with Crippen molar-refractivity contribution in [3.63, 3.8) is 0 Å². The molecule has 1 aliphatic heterocycles. The lowest BCUT2D eigenvalue weighted by molar-refractivity contribution is -0.136. The lowest BCUT2D eigenvalue weighted by Gasteiger charge is -2.24. The molecular formula is C11H20O4S. The van der Waals surface area contributed by atoms with Gasteiger partial charge in [-0.2, -0.15) is 0 Å². The van der Waals surface area contributed by atoms with Gasteiger partial charge in [0.1, 0.15) is 5.25 Å². The van der Waals surface area contributed by atoms with Crippen LogP contribution in [0.25, 0.3) is 0 Å². The molecule has 2 atom stereocenters. The van der Waals surface area contributed by atoms with Crippen molar-refractivity contribution >= 4 is 16.8 Å². The number of aliphatic carboxylic acids is 1. The highest BCUT2D eigenvalue weighted by Crippen LogP contribution is 2.19. The van der Waals surface area contributed by atoms with E-state index in [1.165, 1.54) is 0 Å². The van der Waals surface area contributed by atoms with Crippen LogP contribution in [0, 0.1) is 0 Å². The molecule has 0 aromatic rings. The van der Waals surface area contributed by atoms with E-state index in [-0.39, 0.29) is 5.25 Å². The van der Waals surface area contributed by atoms with Crippen molar-refractivity contribution < 1.29 is 18.8 Å². The van der Waals surface area contributed by atoms with Crippen LogP contribution in [-0.4, -0.2) is 39.0 Å². The maximum Gasteiger partial charge on any atom is 0.319 e. The third-order valence-electron chi connectivity index (χ3n) is 2.87. The molecule has 1 saturated heterocycles. The van der Waals surface area contributed by atoms with Gasteiger partial charge in [-0.1, -0.05) is 19.8 Å². The average Bonchev–Trinajstić information content (AvgIpc) is 2.30. The summed E-state index contributed by atoms with van der Waals surface area (Å²) in [7, 11) is -1.26. The van der Waals surface area contributed by atoms with Crippen LogP contribution in [0.4, 0.5) is 0 Å². The molecular weight excluding hydrogens is 228 g/mol. The van der Waals surface area contributed by atoms with Crippen LogP contribution in [0.3, 0.4) is 0 Å². The van der Waals surface area contributed by atoms with Crippen molar-refractivity contribution in [3.05, 3.63) is 0 Å². The van der Waals surface area contributed by atoms with E-state index >= 15 is 0 Å². The van der Waals surface area contributed by atoms with E-state index in [4.69, 9.17) is 9.84 Å². The van der Waals surface area contributed by atoms with Gasteiger partial charge < -0.3 is 9.84 Å². The lowest BCUT2D eigenvalue weighted by Crippen LogP contribution is -2.35. The topological polar surface area (TPSA) is 63.6 Å². The Morgan fingerprint density at radius 1 is 1.50 bits per heavy atom. The number of carbonyl (C=O) groups is 1. The molecule has 1 heterocycles. The normalized spacial score (nSPS) is 21.6. The van der Waals surface area contributed by atoms with Gasteiger partial charge in [-0.25, -0.2) is 0 Å². The molecule has 16 heavy (non-hydrogen) atoms. The number of unbranched alkanes of at least 4 members (excludes halogenated alkanes) is 1. The van der Waals surface area contributed by atoms with E-state index in [1.54, 1.807) is 0 Å². The van der Waals surface area contributed by atoms with Crippen LogP contribution >= 0.6 is 0 Å². The van der Waals surface area contributed by atoms with Gasteiger partial charge >= 0.3 is 5.97 Å². The molecule has 0 saturated carbocycles. The fourth-order valence-electron chi connectivity index (χ4n) is 1.87. The van der Waals surface area contributed by atoms with Crippen molar-refractivity contribution in [3.8, 4) is 0 Å². The molecule has 1 aliphatic rings. The van der Waals surface area contributed by atoms with Gasteiger partial charge in [0.15, 0.2) is 0 Å². The molecule has 0 aromatic carbocycles. The minimum atomic E-state index is -1.26. The van der Waals surface area contributed by atoms with Gasteiger partial charge in [-0.15, -0.1) is 0 Å². The van der Waals surface area contributed by atoms with Gasteiger partial charge in [-0.3, -0.25) is 9.00 Å². The zero-order chi connectivity index (χ0) is 12.0. The van der Waals surface area contributed by atoms with Crippen LogP contribution in [0.15, 0.2) is 0 Å². The fourth-order valence-corrected chi connectivity index (χ4v) is 3.59. The van der Waals surface area contributed by atoms with Crippen molar-refractivity contribution in [2.24, 2.45) is 0 Å². The first-order valence-electron chi connectivity index (χ1n) is 5.86. The van der Waals surface area contributed by atoms with Gasteiger partial charge in [0, 0.05) is 29.3 Å². The molecule has 94 valence electrons. The SMILES string of the molecule is CCCCC(C(=O)O)S(=O)C1CCOCC1. The molecule has 0 amide bonds. The highest BCUT2D eigenvalue weighted by molar-refractivity contribution is 7.87. The van der Waals surface area contributed by atoms with Gasteiger partial charge in [0.25, 0.3) is 0 Å². The summed E-state index contributed by atoms with van der Waals surface area (Å²) in [6.45, 7) is 3.23. The Balaban J connectivity index is 2.54. The van der Waals surface area contributed by atoms with Crippen LogP contribution < -0.4 is 0 Å². The first-order valence-corrected chi connectivity index (χ1v) is 7.14. The lowest BCUT2D eigenvalue weighted by atomic mass is 10.2. The molecule has 0 bridgehead atoms. The van der Waals surface area contributed by atoms with Gasteiger partial charge in [0.2, 0.25) is 0 Å². The Morgan fingerprint density at radius 3 is 2.62 bits per heavy atom. The maximum atomic E-state index is 12.1. The molecule has 1 N–H and O–H groups in total. The average molecular weight is 248 g/mol. The molecule has 4 nitrogen and oxygen atoms in total. The van der Waals surface area contributed by atoms with Gasteiger partial charge in [-0.05, 0) is 19.3 Å². The van der Waals surface area contributed by atoms with E-state index in [9.17, 15) is 9.00 Å². The molecule has 0 aromatic heterocycles. The minimum Gasteiger partial charge on any atom is -0.480 e. The molecule has 1 fully saturated rings. The zero-order valence-electron chi connectivity index (χ0n) is 9.68. The number of ether oxygens (including phenoxy) is 1. The largest absolute Gasteiger partial charge is 0.480 e. The molecule has 0 aliphatic carbocycles. The number of carboxylic acids is 1. The van der Waals surface area contributed by atoms with E-state index in [0.717, 1.165) is 25.7 Å². The summed E-state index contributed by atoms with van der Waals surface area (Å²) < 4.78 is 17.3. The van der Waals surface area contributed by atoms with Crippen molar-refractivity contribution in [1.82, 2.24) is 0 Å². The van der Waals surface area contributed by atoms with Crippen LogP contribution in [-0.2, 0) is 20.3 Å². The predicted molar refractivity (Wildman–Crippen MR) is 62.9 cm³/mol. The van der Waals surface area contributed by atoms with Crippen LogP contribution in [0.2, 0.25) is 0 Å². The first kappa shape index (κ1) is 13.6. The van der Waals surface area contributed by atoms with Crippen molar-refractivity contribution in [1.29, 1.82) is 0 Å². The second-order valence-corrected chi connectivity index (χ2v) is 6.00.